The average molecular weight is 474 g/mol. The molecule has 2 heterocycles. The van der Waals surface area contributed by atoms with Crippen molar-refractivity contribution in [2.75, 3.05) is 20.8 Å². The van der Waals surface area contributed by atoms with E-state index in [0.717, 1.165) is 41.2 Å². The molecule has 5 aromatic carbocycles. The predicted octanol–water partition coefficient (Wildman–Crippen LogP) is 7.05. The molecule has 2 atom stereocenters. The first-order valence-electron chi connectivity index (χ1n) is 12.4. The fourth-order valence-electron chi connectivity index (χ4n) is 5.97. The molecule has 178 valence electrons. The minimum Gasteiger partial charge on any atom is -0.493 e. The van der Waals surface area contributed by atoms with Crippen molar-refractivity contribution in [3.05, 3.63) is 113 Å². The average Bonchev–Trinajstić information content (AvgIpc) is 2.94. The molecule has 2 aliphatic rings. The maximum Gasteiger partial charge on any atom is 0.180 e. The van der Waals surface area contributed by atoms with E-state index in [9.17, 15) is 0 Å². The van der Waals surface area contributed by atoms with E-state index in [2.05, 4.69) is 95.9 Å². The van der Waals surface area contributed by atoms with Crippen LogP contribution in [0.3, 0.4) is 0 Å². The highest BCUT2D eigenvalue weighted by atomic mass is 16.5. The third-order valence-corrected chi connectivity index (χ3v) is 7.71. The van der Waals surface area contributed by atoms with Crippen molar-refractivity contribution in [1.29, 1.82) is 0 Å². The van der Waals surface area contributed by atoms with E-state index >= 15 is 0 Å². The summed E-state index contributed by atoms with van der Waals surface area (Å²) in [5.74, 6) is 2.46. The molecule has 2 unspecified atom stereocenters. The van der Waals surface area contributed by atoms with Gasteiger partial charge in [0.2, 0.25) is 0 Å². The summed E-state index contributed by atoms with van der Waals surface area (Å²) in [7, 11) is 3.38. The van der Waals surface area contributed by atoms with E-state index in [1.165, 1.54) is 32.8 Å². The zero-order chi connectivity index (χ0) is 24.2. The molecule has 0 aliphatic carbocycles. The van der Waals surface area contributed by atoms with Gasteiger partial charge >= 0.3 is 0 Å². The summed E-state index contributed by atoms with van der Waals surface area (Å²) in [6.45, 7) is 0.886. The third kappa shape index (κ3) is 3.18. The molecule has 36 heavy (non-hydrogen) atoms. The van der Waals surface area contributed by atoms with Crippen molar-refractivity contribution in [3.8, 4) is 17.2 Å². The first-order chi connectivity index (χ1) is 17.7. The molecule has 0 saturated heterocycles. The number of rotatable bonds is 3. The lowest BCUT2D eigenvalue weighted by atomic mass is 9.87. The lowest BCUT2D eigenvalue weighted by molar-refractivity contribution is -0.0256. The fraction of sp³-hybridized carbons (Fsp3) is 0.188. The summed E-state index contributed by atoms with van der Waals surface area (Å²) in [6.07, 6.45) is 0.700. The van der Waals surface area contributed by atoms with Crippen LogP contribution < -0.4 is 14.2 Å². The van der Waals surface area contributed by atoms with Gasteiger partial charge in [0, 0.05) is 23.1 Å². The summed E-state index contributed by atoms with van der Waals surface area (Å²) < 4.78 is 18.2. The molecule has 0 spiro atoms. The molecule has 0 bridgehead atoms. The van der Waals surface area contributed by atoms with Crippen LogP contribution >= 0.6 is 0 Å². The smallest absolute Gasteiger partial charge is 0.180 e. The monoisotopic (exact) mass is 473 g/mol. The maximum atomic E-state index is 6.92. The standard InChI is InChI=1S/C32H27NO3/c1-34-28-18-23-15-16-33-30(24-12-11-20-7-3-4-9-22(20)17-24)26-14-13-21-8-5-6-10-25(21)31(26)36-32(33)27(23)19-29(28)35-2/h3-14,17-19,30,32H,15-16H2,1-2H3. The first kappa shape index (κ1) is 21.3. The van der Waals surface area contributed by atoms with E-state index in [1.54, 1.807) is 14.2 Å². The molecule has 0 aromatic heterocycles. The van der Waals surface area contributed by atoms with Gasteiger partial charge in [0.05, 0.1) is 20.3 Å². The van der Waals surface area contributed by atoms with Gasteiger partial charge in [-0.3, -0.25) is 4.90 Å². The van der Waals surface area contributed by atoms with E-state index in [0.29, 0.717) is 0 Å². The predicted molar refractivity (Wildman–Crippen MR) is 143 cm³/mol. The highest BCUT2D eigenvalue weighted by Gasteiger charge is 2.41. The van der Waals surface area contributed by atoms with Gasteiger partial charge < -0.3 is 14.2 Å². The molecule has 0 saturated carbocycles. The first-order valence-corrected chi connectivity index (χ1v) is 12.4. The van der Waals surface area contributed by atoms with Crippen molar-refractivity contribution < 1.29 is 14.2 Å². The number of hydrogen-bond donors (Lipinski definition) is 0. The van der Waals surface area contributed by atoms with Crippen LogP contribution in [0.15, 0.2) is 91.0 Å². The lowest BCUT2D eigenvalue weighted by Crippen LogP contribution is -2.44. The summed E-state index contributed by atoms with van der Waals surface area (Å²) in [5, 5.41) is 4.84. The Morgan fingerprint density at radius 2 is 1.44 bits per heavy atom. The number of nitrogens with zero attached hydrogens (tertiary/aromatic N) is 1. The van der Waals surface area contributed by atoms with Gasteiger partial charge in [0.25, 0.3) is 0 Å². The summed E-state index contributed by atoms with van der Waals surface area (Å²) in [4.78, 5) is 2.50. The number of methoxy groups -OCH3 is 2. The van der Waals surface area contributed by atoms with Crippen LogP contribution in [0.1, 0.15) is 34.5 Å². The van der Waals surface area contributed by atoms with Crippen LogP contribution in [0.4, 0.5) is 0 Å². The van der Waals surface area contributed by atoms with E-state index < -0.39 is 0 Å². The van der Waals surface area contributed by atoms with Crippen molar-refractivity contribution in [2.45, 2.75) is 18.7 Å². The van der Waals surface area contributed by atoms with Crippen LogP contribution in [-0.4, -0.2) is 25.7 Å². The van der Waals surface area contributed by atoms with Gasteiger partial charge in [-0.15, -0.1) is 0 Å². The Bertz CT molecular complexity index is 1630. The summed E-state index contributed by atoms with van der Waals surface area (Å²) in [6, 6.07) is 32.7. The normalized spacial score (nSPS) is 18.7. The third-order valence-electron chi connectivity index (χ3n) is 7.71. The Kier molecular flexibility index (Phi) is 4.90. The number of ether oxygens (including phenoxy) is 3. The van der Waals surface area contributed by atoms with Crippen molar-refractivity contribution in [2.24, 2.45) is 0 Å². The molecule has 0 fully saturated rings. The van der Waals surface area contributed by atoms with Gasteiger partial charge in [-0.2, -0.15) is 0 Å². The Morgan fingerprint density at radius 3 is 2.28 bits per heavy atom. The second kappa shape index (κ2) is 8.28. The van der Waals surface area contributed by atoms with Gasteiger partial charge in [0.15, 0.2) is 17.7 Å². The minimum absolute atomic E-state index is 0.0780. The number of fused-ring (bicyclic) bond motifs is 7. The van der Waals surface area contributed by atoms with E-state index in [4.69, 9.17) is 14.2 Å². The second-order valence-corrected chi connectivity index (χ2v) is 9.58. The Morgan fingerprint density at radius 1 is 0.722 bits per heavy atom. The maximum absolute atomic E-state index is 6.92. The Balaban J connectivity index is 1.46. The number of benzene rings is 5. The zero-order valence-corrected chi connectivity index (χ0v) is 20.4. The Hall–Kier alpha value is -4.02. The molecule has 0 amide bonds. The zero-order valence-electron chi connectivity index (χ0n) is 20.4. The van der Waals surface area contributed by atoms with Crippen molar-refractivity contribution in [3.63, 3.8) is 0 Å². The lowest BCUT2D eigenvalue weighted by Gasteiger charge is -2.46. The molecular formula is C32H27NO3. The largest absolute Gasteiger partial charge is 0.493 e. The van der Waals surface area contributed by atoms with Crippen molar-refractivity contribution >= 4 is 21.5 Å². The van der Waals surface area contributed by atoms with Gasteiger partial charge in [-0.1, -0.05) is 72.8 Å². The fourth-order valence-corrected chi connectivity index (χ4v) is 5.97. The van der Waals surface area contributed by atoms with Crippen LogP contribution in [0, 0.1) is 0 Å². The van der Waals surface area contributed by atoms with Crippen LogP contribution in [0.2, 0.25) is 0 Å². The van der Waals surface area contributed by atoms with Gasteiger partial charge in [-0.25, -0.2) is 0 Å². The SMILES string of the molecule is COc1cc2c(cc1OC)C1Oc3c(ccc4ccccc34)C(c3ccc4ccccc4c3)N1CC2. The second-order valence-electron chi connectivity index (χ2n) is 9.58. The van der Waals surface area contributed by atoms with E-state index in [-0.39, 0.29) is 12.3 Å². The van der Waals surface area contributed by atoms with Gasteiger partial charge in [-0.05, 0) is 51.9 Å². The van der Waals surface area contributed by atoms with Gasteiger partial charge in [0.1, 0.15) is 5.75 Å². The number of hydrogen-bond acceptors (Lipinski definition) is 4. The summed E-state index contributed by atoms with van der Waals surface area (Å²) >= 11 is 0. The van der Waals surface area contributed by atoms with Crippen LogP contribution in [0.5, 0.6) is 17.2 Å². The highest BCUT2D eigenvalue weighted by Crippen LogP contribution is 2.51. The Labute approximate surface area is 210 Å². The highest BCUT2D eigenvalue weighted by molar-refractivity contribution is 5.90. The van der Waals surface area contributed by atoms with Crippen LogP contribution in [0.25, 0.3) is 21.5 Å². The quantitative estimate of drug-likeness (QED) is 0.281. The van der Waals surface area contributed by atoms with Crippen molar-refractivity contribution in [1.82, 2.24) is 4.90 Å². The molecule has 4 nitrogen and oxygen atoms in total. The molecule has 0 N–H and O–H groups in total. The summed E-state index contributed by atoms with van der Waals surface area (Å²) in [5.41, 5.74) is 4.88. The molecule has 0 radical (unpaired) electrons. The molecule has 7 rings (SSSR count). The molecular weight excluding hydrogens is 446 g/mol. The molecule has 5 aromatic rings. The molecule has 4 heteroatoms. The van der Waals surface area contributed by atoms with E-state index in [1.807, 2.05) is 0 Å². The minimum atomic E-state index is -0.219. The topological polar surface area (TPSA) is 30.9 Å². The van der Waals surface area contributed by atoms with Crippen LogP contribution in [-0.2, 0) is 6.42 Å². The molecule has 2 aliphatic heterocycles.